The van der Waals surface area contributed by atoms with E-state index in [1.54, 1.807) is 31.0 Å². The fourth-order valence-electron chi connectivity index (χ4n) is 1.29. The van der Waals surface area contributed by atoms with Crippen molar-refractivity contribution in [2.45, 2.75) is 0 Å². The van der Waals surface area contributed by atoms with Crippen LogP contribution in [-0.2, 0) is 7.05 Å². The third-order valence-corrected chi connectivity index (χ3v) is 2.00. The molecule has 0 fully saturated rings. The maximum absolute atomic E-state index is 11.5. The molecule has 2 heterocycles. The molecule has 0 saturated heterocycles. The first kappa shape index (κ1) is 7.85. The van der Waals surface area contributed by atoms with Crippen LogP contribution in [0.15, 0.2) is 23.4 Å². The van der Waals surface area contributed by atoms with E-state index < -0.39 is 0 Å². The number of rotatable bonds is 1. The summed E-state index contributed by atoms with van der Waals surface area (Å²) in [5.74, 6) is 0. The average Bonchev–Trinajstić information content (AvgIpc) is 2.55. The van der Waals surface area contributed by atoms with E-state index in [1.807, 2.05) is 0 Å². The topological polar surface area (TPSA) is 51.9 Å². The van der Waals surface area contributed by atoms with Gasteiger partial charge >= 0.3 is 0 Å². The second-order valence-electron chi connectivity index (χ2n) is 2.81. The summed E-state index contributed by atoms with van der Waals surface area (Å²) in [6.07, 6.45) is 3.29. The van der Waals surface area contributed by atoms with Gasteiger partial charge in [-0.15, -0.1) is 0 Å². The molecule has 68 valence electrons. The van der Waals surface area contributed by atoms with Crippen LogP contribution in [-0.4, -0.2) is 21.3 Å². The summed E-state index contributed by atoms with van der Waals surface area (Å²) < 4.78 is 3.17. The van der Waals surface area contributed by atoms with Crippen molar-refractivity contribution in [2.24, 2.45) is 7.05 Å². The zero-order chi connectivity index (χ0) is 9.42. The minimum atomic E-state index is -0.0287. The minimum absolute atomic E-state index is 0.0287. The van der Waals surface area contributed by atoms with Gasteiger partial charge in [0.1, 0.15) is 0 Å². The van der Waals surface area contributed by atoms with Crippen molar-refractivity contribution in [3.63, 3.8) is 0 Å². The van der Waals surface area contributed by atoms with Crippen molar-refractivity contribution in [3.05, 3.63) is 28.9 Å². The first-order valence-electron chi connectivity index (χ1n) is 3.94. The Labute approximate surface area is 74.6 Å². The lowest BCUT2D eigenvalue weighted by Gasteiger charge is -2.01. The Morgan fingerprint density at radius 3 is 3.00 bits per heavy atom. The lowest BCUT2D eigenvalue weighted by Crippen LogP contribution is -2.17. The average molecular weight is 178 g/mol. The van der Waals surface area contributed by atoms with Crippen LogP contribution in [0.4, 0.5) is 0 Å². The molecule has 0 spiro atoms. The number of aromatic nitrogens is 3. The van der Waals surface area contributed by atoms with Crippen molar-refractivity contribution in [1.82, 2.24) is 14.2 Å². The number of nitrogens with zero attached hydrogens (tertiary/aromatic N) is 3. The summed E-state index contributed by atoms with van der Waals surface area (Å²) >= 11 is 0. The van der Waals surface area contributed by atoms with Gasteiger partial charge in [-0.05, 0) is 6.07 Å². The van der Waals surface area contributed by atoms with Crippen molar-refractivity contribution < 1.29 is 0 Å². The Hall–Kier alpha value is -1.78. The molecule has 0 atom stereocenters. The van der Waals surface area contributed by atoms with Crippen molar-refractivity contribution in [1.29, 1.82) is 0 Å². The summed E-state index contributed by atoms with van der Waals surface area (Å²) in [6, 6.07) is 1.75. The Morgan fingerprint density at radius 1 is 1.54 bits per heavy atom. The molecule has 1 N–H and O–H groups in total. The highest BCUT2D eigenvalue weighted by Crippen LogP contribution is 2.05. The van der Waals surface area contributed by atoms with Gasteiger partial charge in [-0.25, -0.2) is 9.66 Å². The Morgan fingerprint density at radius 2 is 2.31 bits per heavy atom. The van der Waals surface area contributed by atoms with Crippen LogP contribution in [0.3, 0.4) is 0 Å². The first-order chi connectivity index (χ1) is 6.24. The van der Waals surface area contributed by atoms with E-state index in [-0.39, 0.29) is 5.56 Å². The van der Waals surface area contributed by atoms with Crippen LogP contribution in [0.2, 0.25) is 0 Å². The van der Waals surface area contributed by atoms with Gasteiger partial charge in [-0.3, -0.25) is 4.79 Å². The van der Waals surface area contributed by atoms with Gasteiger partial charge in [-0.1, -0.05) is 0 Å². The van der Waals surface area contributed by atoms with Gasteiger partial charge in [0.25, 0.3) is 5.56 Å². The molecular formula is C8H10N4O. The largest absolute Gasteiger partial charge is 0.328 e. The number of nitrogens with one attached hydrogen (secondary N) is 1. The molecule has 2 aromatic heterocycles. The van der Waals surface area contributed by atoms with Crippen molar-refractivity contribution in [2.75, 3.05) is 12.5 Å². The van der Waals surface area contributed by atoms with E-state index in [0.29, 0.717) is 11.0 Å². The monoisotopic (exact) mass is 178 g/mol. The van der Waals surface area contributed by atoms with Crippen LogP contribution in [0.1, 0.15) is 0 Å². The molecule has 0 aliphatic heterocycles. The molecule has 0 saturated carbocycles. The van der Waals surface area contributed by atoms with Crippen LogP contribution in [0.5, 0.6) is 0 Å². The molecule has 5 nitrogen and oxygen atoms in total. The van der Waals surface area contributed by atoms with E-state index in [2.05, 4.69) is 10.4 Å². The third-order valence-electron chi connectivity index (χ3n) is 2.00. The summed E-state index contributed by atoms with van der Waals surface area (Å²) in [5, 5.41) is 0.624. The van der Waals surface area contributed by atoms with Crippen LogP contribution in [0.25, 0.3) is 11.0 Å². The van der Waals surface area contributed by atoms with Crippen LogP contribution >= 0.6 is 0 Å². The summed E-state index contributed by atoms with van der Waals surface area (Å²) in [4.78, 5) is 15.7. The fraction of sp³-hybridized carbons (Fsp3) is 0.250. The summed E-state index contributed by atoms with van der Waals surface area (Å²) in [5.41, 5.74) is 3.53. The number of hydrogen-bond donors (Lipinski definition) is 1. The molecule has 0 amide bonds. The maximum Gasteiger partial charge on any atom is 0.262 e. The van der Waals surface area contributed by atoms with Gasteiger partial charge in [0, 0.05) is 20.3 Å². The quantitative estimate of drug-likeness (QED) is 0.664. The van der Waals surface area contributed by atoms with Crippen molar-refractivity contribution >= 4 is 11.0 Å². The summed E-state index contributed by atoms with van der Waals surface area (Å²) in [6.45, 7) is 0. The summed E-state index contributed by atoms with van der Waals surface area (Å²) in [7, 11) is 3.46. The molecule has 2 rings (SSSR count). The number of fused-ring (bicyclic) bond motifs is 1. The van der Waals surface area contributed by atoms with Gasteiger partial charge in [0.15, 0.2) is 5.65 Å². The minimum Gasteiger partial charge on any atom is -0.328 e. The zero-order valence-electron chi connectivity index (χ0n) is 7.48. The SMILES string of the molecule is CNn1ccc2c(=O)n(C)cnc21. The number of hydrogen-bond acceptors (Lipinski definition) is 3. The predicted octanol–water partition coefficient (Wildman–Crippen LogP) is -0.0917. The molecule has 0 bridgehead atoms. The molecule has 0 aliphatic rings. The van der Waals surface area contributed by atoms with Gasteiger partial charge < -0.3 is 9.99 Å². The van der Waals surface area contributed by atoms with Gasteiger partial charge in [0.05, 0.1) is 11.7 Å². The van der Waals surface area contributed by atoms with Crippen molar-refractivity contribution in [3.8, 4) is 0 Å². The van der Waals surface area contributed by atoms with E-state index in [0.717, 1.165) is 0 Å². The van der Waals surface area contributed by atoms with Gasteiger partial charge in [0.2, 0.25) is 0 Å². The molecule has 13 heavy (non-hydrogen) atoms. The number of aryl methyl sites for hydroxylation is 1. The molecular weight excluding hydrogens is 168 g/mol. The van der Waals surface area contributed by atoms with Crippen LogP contribution in [0, 0.1) is 0 Å². The van der Waals surface area contributed by atoms with E-state index >= 15 is 0 Å². The van der Waals surface area contributed by atoms with E-state index in [1.165, 1.54) is 10.9 Å². The molecule has 0 aliphatic carbocycles. The maximum atomic E-state index is 11.5. The van der Waals surface area contributed by atoms with Gasteiger partial charge in [-0.2, -0.15) is 0 Å². The highest BCUT2D eigenvalue weighted by molar-refractivity contribution is 5.74. The molecule has 5 heteroatoms. The second-order valence-corrected chi connectivity index (χ2v) is 2.81. The standard InChI is InChI=1S/C8H10N4O/c1-9-12-4-3-6-7(12)10-5-11(2)8(6)13/h3-5,9H,1-2H3. The highest BCUT2D eigenvalue weighted by Gasteiger charge is 2.04. The smallest absolute Gasteiger partial charge is 0.262 e. The Balaban J connectivity index is 2.89. The normalized spacial score (nSPS) is 10.6. The second kappa shape index (κ2) is 2.62. The Bertz CT molecular complexity index is 496. The molecule has 0 unspecified atom stereocenters. The lowest BCUT2D eigenvalue weighted by molar-refractivity contribution is 0.833. The van der Waals surface area contributed by atoms with E-state index in [9.17, 15) is 4.79 Å². The predicted molar refractivity (Wildman–Crippen MR) is 50.3 cm³/mol. The fourth-order valence-corrected chi connectivity index (χ4v) is 1.29. The molecule has 0 aromatic carbocycles. The molecule has 2 aromatic rings. The molecule has 0 radical (unpaired) electrons. The van der Waals surface area contributed by atoms with E-state index in [4.69, 9.17) is 0 Å². The third kappa shape index (κ3) is 1.00. The van der Waals surface area contributed by atoms with Crippen LogP contribution < -0.4 is 11.0 Å². The first-order valence-corrected chi connectivity index (χ1v) is 3.94. The Kier molecular flexibility index (Phi) is 1.58. The highest BCUT2D eigenvalue weighted by atomic mass is 16.1. The zero-order valence-corrected chi connectivity index (χ0v) is 7.48. The lowest BCUT2D eigenvalue weighted by atomic mass is 10.4.